The van der Waals surface area contributed by atoms with Crippen molar-refractivity contribution in [1.82, 2.24) is 14.5 Å². The lowest BCUT2D eigenvalue weighted by Crippen LogP contribution is -2.38. The fraction of sp³-hybridized carbons (Fsp3) is 0.692. The minimum absolute atomic E-state index is 0.209. The molecule has 94 valence electrons. The summed E-state index contributed by atoms with van der Waals surface area (Å²) in [5.74, 6) is 2.06. The first-order chi connectivity index (χ1) is 8.20. The highest BCUT2D eigenvalue weighted by Crippen LogP contribution is 2.19. The summed E-state index contributed by atoms with van der Waals surface area (Å²) in [6.07, 6.45) is 7.15. The Morgan fingerprint density at radius 1 is 1.47 bits per heavy atom. The molecule has 1 amide bonds. The van der Waals surface area contributed by atoms with Gasteiger partial charge in [-0.05, 0) is 18.8 Å². The number of hydrogen-bond acceptors (Lipinski definition) is 2. The van der Waals surface area contributed by atoms with Crippen molar-refractivity contribution in [2.45, 2.75) is 39.7 Å². The van der Waals surface area contributed by atoms with E-state index in [2.05, 4.69) is 22.7 Å². The predicted octanol–water partition coefficient (Wildman–Crippen LogP) is 1.70. The summed E-state index contributed by atoms with van der Waals surface area (Å²) in [5, 5.41) is 0. The average molecular weight is 235 g/mol. The largest absolute Gasteiger partial charge is 0.343 e. The molecular weight excluding hydrogens is 214 g/mol. The number of carbonyl (C=O) groups excluding carboxylic acids is 1. The van der Waals surface area contributed by atoms with Crippen molar-refractivity contribution in [3.63, 3.8) is 0 Å². The van der Waals surface area contributed by atoms with Crippen molar-refractivity contribution >= 4 is 5.91 Å². The number of aryl methyl sites for hydroxylation is 1. The van der Waals surface area contributed by atoms with Crippen LogP contribution >= 0.6 is 0 Å². The van der Waals surface area contributed by atoms with Gasteiger partial charge in [-0.3, -0.25) is 4.79 Å². The highest BCUT2D eigenvalue weighted by atomic mass is 16.2. The summed E-state index contributed by atoms with van der Waals surface area (Å²) < 4.78 is 2.26. The molecule has 0 spiro atoms. The number of carbonyl (C=O) groups is 1. The Balaban J connectivity index is 1.88. The lowest BCUT2D eigenvalue weighted by molar-refractivity contribution is -0.130. The van der Waals surface area contributed by atoms with Crippen LogP contribution in [0.15, 0.2) is 12.4 Å². The number of nitrogens with zero attached hydrogens (tertiary/aromatic N) is 3. The maximum absolute atomic E-state index is 11.2. The molecule has 17 heavy (non-hydrogen) atoms. The molecule has 1 saturated heterocycles. The van der Waals surface area contributed by atoms with E-state index in [-0.39, 0.29) is 5.91 Å². The second kappa shape index (κ2) is 5.34. The molecule has 2 heterocycles. The minimum atomic E-state index is 0.209. The monoisotopic (exact) mass is 235 g/mol. The van der Waals surface area contributed by atoms with Gasteiger partial charge in [0.05, 0.1) is 0 Å². The number of rotatable bonds is 3. The van der Waals surface area contributed by atoms with Gasteiger partial charge in [0.25, 0.3) is 0 Å². The third kappa shape index (κ3) is 2.87. The molecular formula is C13H21N3O. The van der Waals surface area contributed by atoms with Gasteiger partial charge in [0, 0.05) is 45.4 Å². The third-order valence-electron chi connectivity index (χ3n) is 3.63. The highest BCUT2D eigenvalue weighted by molar-refractivity contribution is 5.73. The number of imidazole rings is 1. The average Bonchev–Trinajstić information content (AvgIpc) is 2.77. The third-order valence-corrected chi connectivity index (χ3v) is 3.63. The van der Waals surface area contributed by atoms with Gasteiger partial charge in [0.15, 0.2) is 0 Å². The molecule has 0 aromatic carbocycles. The zero-order valence-electron chi connectivity index (χ0n) is 10.7. The van der Waals surface area contributed by atoms with E-state index in [1.807, 2.05) is 11.1 Å². The summed E-state index contributed by atoms with van der Waals surface area (Å²) in [6.45, 7) is 6.67. The Kier molecular flexibility index (Phi) is 3.82. The summed E-state index contributed by atoms with van der Waals surface area (Å²) in [7, 11) is 0. The maximum Gasteiger partial charge on any atom is 0.219 e. The van der Waals surface area contributed by atoms with E-state index in [0.717, 1.165) is 38.9 Å². The predicted molar refractivity (Wildman–Crippen MR) is 66.6 cm³/mol. The van der Waals surface area contributed by atoms with E-state index >= 15 is 0 Å². The van der Waals surface area contributed by atoms with E-state index in [4.69, 9.17) is 0 Å². The molecule has 2 rings (SSSR count). The molecule has 1 aromatic rings. The van der Waals surface area contributed by atoms with E-state index in [9.17, 15) is 4.79 Å². The molecule has 0 aliphatic carbocycles. The number of aromatic nitrogens is 2. The lowest BCUT2D eigenvalue weighted by atomic mass is 9.96. The van der Waals surface area contributed by atoms with E-state index in [1.165, 1.54) is 5.82 Å². The normalized spacial score (nSPS) is 17.4. The molecule has 1 aliphatic rings. The molecule has 0 saturated carbocycles. The van der Waals surface area contributed by atoms with Crippen molar-refractivity contribution in [2.75, 3.05) is 13.1 Å². The Bertz CT molecular complexity index is 378. The van der Waals surface area contributed by atoms with Gasteiger partial charge in [-0.2, -0.15) is 0 Å². The summed E-state index contributed by atoms with van der Waals surface area (Å²) >= 11 is 0. The van der Waals surface area contributed by atoms with Crippen LogP contribution < -0.4 is 0 Å². The van der Waals surface area contributed by atoms with Gasteiger partial charge >= 0.3 is 0 Å². The highest BCUT2D eigenvalue weighted by Gasteiger charge is 2.21. The fourth-order valence-corrected chi connectivity index (χ4v) is 2.53. The first kappa shape index (κ1) is 12.1. The Morgan fingerprint density at radius 2 is 2.18 bits per heavy atom. The fourth-order valence-electron chi connectivity index (χ4n) is 2.53. The number of piperidine rings is 1. The van der Waals surface area contributed by atoms with Crippen molar-refractivity contribution in [2.24, 2.45) is 5.92 Å². The molecule has 0 N–H and O–H groups in total. The first-order valence-electron chi connectivity index (χ1n) is 6.46. The van der Waals surface area contributed by atoms with Gasteiger partial charge in [-0.25, -0.2) is 4.98 Å². The molecule has 0 atom stereocenters. The van der Waals surface area contributed by atoms with Crippen LogP contribution in [0.2, 0.25) is 0 Å². The van der Waals surface area contributed by atoms with Crippen LogP contribution in [0.25, 0.3) is 0 Å². The lowest BCUT2D eigenvalue weighted by Gasteiger charge is -2.31. The van der Waals surface area contributed by atoms with Crippen LogP contribution in [0, 0.1) is 5.92 Å². The molecule has 1 fully saturated rings. The number of likely N-dealkylation sites (tertiary alicyclic amines) is 1. The second-order valence-electron chi connectivity index (χ2n) is 4.80. The van der Waals surface area contributed by atoms with Crippen molar-refractivity contribution in [3.05, 3.63) is 18.2 Å². The zero-order valence-corrected chi connectivity index (χ0v) is 10.7. The van der Waals surface area contributed by atoms with Crippen molar-refractivity contribution in [3.8, 4) is 0 Å². The Labute approximate surface area is 103 Å². The van der Waals surface area contributed by atoms with Crippen LogP contribution in [-0.2, 0) is 17.8 Å². The SMILES string of the molecule is CCc1nccn1CC1CCN(C(C)=O)CC1. The smallest absolute Gasteiger partial charge is 0.219 e. The first-order valence-corrected chi connectivity index (χ1v) is 6.46. The van der Waals surface area contributed by atoms with Gasteiger partial charge in [-0.1, -0.05) is 6.92 Å². The summed E-state index contributed by atoms with van der Waals surface area (Å²) in [4.78, 5) is 17.5. The van der Waals surface area contributed by atoms with Crippen LogP contribution in [0.5, 0.6) is 0 Å². The van der Waals surface area contributed by atoms with Gasteiger partial charge < -0.3 is 9.47 Å². The molecule has 1 aromatic heterocycles. The number of hydrogen-bond donors (Lipinski definition) is 0. The van der Waals surface area contributed by atoms with Crippen LogP contribution in [0.4, 0.5) is 0 Å². The van der Waals surface area contributed by atoms with Crippen molar-refractivity contribution in [1.29, 1.82) is 0 Å². The van der Waals surface area contributed by atoms with Gasteiger partial charge in [-0.15, -0.1) is 0 Å². The zero-order chi connectivity index (χ0) is 12.3. The quantitative estimate of drug-likeness (QED) is 0.800. The maximum atomic E-state index is 11.2. The van der Waals surface area contributed by atoms with Crippen LogP contribution in [0.1, 0.15) is 32.5 Å². The molecule has 4 heteroatoms. The summed E-state index contributed by atoms with van der Waals surface area (Å²) in [5.41, 5.74) is 0. The van der Waals surface area contributed by atoms with Crippen molar-refractivity contribution < 1.29 is 4.79 Å². The van der Waals surface area contributed by atoms with Crippen LogP contribution in [0.3, 0.4) is 0 Å². The summed E-state index contributed by atoms with van der Waals surface area (Å²) in [6, 6.07) is 0. The Hall–Kier alpha value is -1.32. The molecule has 4 nitrogen and oxygen atoms in total. The molecule has 1 aliphatic heterocycles. The standard InChI is InChI=1S/C13H21N3O/c1-3-13-14-6-9-16(13)10-12-4-7-15(8-5-12)11(2)17/h6,9,12H,3-5,7-8,10H2,1-2H3. The number of amides is 1. The second-order valence-corrected chi connectivity index (χ2v) is 4.80. The minimum Gasteiger partial charge on any atom is -0.343 e. The topological polar surface area (TPSA) is 38.1 Å². The molecule has 0 bridgehead atoms. The van der Waals surface area contributed by atoms with Crippen LogP contribution in [-0.4, -0.2) is 33.4 Å². The van der Waals surface area contributed by atoms with E-state index < -0.39 is 0 Å². The molecule has 0 unspecified atom stereocenters. The van der Waals surface area contributed by atoms with E-state index in [0.29, 0.717) is 5.92 Å². The van der Waals surface area contributed by atoms with Gasteiger partial charge in [0.1, 0.15) is 5.82 Å². The van der Waals surface area contributed by atoms with E-state index in [1.54, 1.807) is 6.92 Å². The molecule has 0 radical (unpaired) electrons. The van der Waals surface area contributed by atoms with Gasteiger partial charge in [0.2, 0.25) is 5.91 Å². The Morgan fingerprint density at radius 3 is 2.76 bits per heavy atom.